The fraction of sp³-hybridized carbons (Fsp3) is 0.333. The van der Waals surface area contributed by atoms with Crippen molar-refractivity contribution >= 4 is 5.91 Å². The number of nitrogens with zero attached hydrogens (tertiary/aromatic N) is 3. The molecule has 2 heterocycles. The first-order valence-corrected chi connectivity index (χ1v) is 10.3. The van der Waals surface area contributed by atoms with Crippen LogP contribution in [0, 0.1) is 0 Å². The van der Waals surface area contributed by atoms with Crippen LogP contribution in [0.4, 0.5) is 0 Å². The van der Waals surface area contributed by atoms with Crippen LogP contribution in [-0.4, -0.2) is 41.4 Å². The lowest BCUT2D eigenvalue weighted by Crippen LogP contribution is -2.35. The molecule has 0 unspecified atom stereocenters. The van der Waals surface area contributed by atoms with Crippen LogP contribution in [0.15, 0.2) is 60.8 Å². The molecule has 4 rings (SSSR count). The Balaban J connectivity index is 1.58. The van der Waals surface area contributed by atoms with Gasteiger partial charge in [0, 0.05) is 12.7 Å². The van der Waals surface area contributed by atoms with Gasteiger partial charge in [-0.3, -0.25) is 4.79 Å². The van der Waals surface area contributed by atoms with E-state index in [-0.39, 0.29) is 11.9 Å². The highest BCUT2D eigenvalue weighted by atomic mass is 16.5. The average molecular weight is 405 g/mol. The van der Waals surface area contributed by atoms with Crippen LogP contribution < -0.4 is 9.47 Å². The van der Waals surface area contributed by atoms with Crippen molar-refractivity contribution in [1.29, 1.82) is 0 Å². The Morgan fingerprint density at radius 1 is 0.900 bits per heavy atom. The van der Waals surface area contributed by atoms with Gasteiger partial charge in [-0.05, 0) is 60.9 Å². The number of carbonyl (C=O) groups excluding carboxylic acids is 1. The van der Waals surface area contributed by atoms with E-state index >= 15 is 0 Å². The number of hydrogen-bond donors (Lipinski definition) is 0. The van der Waals surface area contributed by atoms with Gasteiger partial charge in [0.25, 0.3) is 5.91 Å². The third-order valence-corrected chi connectivity index (χ3v) is 5.66. The van der Waals surface area contributed by atoms with Gasteiger partial charge in [-0.2, -0.15) is 5.10 Å². The molecule has 0 spiro atoms. The molecule has 0 radical (unpaired) electrons. The first kappa shape index (κ1) is 20.0. The zero-order valence-electron chi connectivity index (χ0n) is 17.5. The van der Waals surface area contributed by atoms with Crippen molar-refractivity contribution in [3.05, 3.63) is 72.1 Å². The minimum Gasteiger partial charge on any atom is -0.497 e. The molecular formula is C24H27N3O3. The molecule has 0 aliphatic carbocycles. The second-order valence-corrected chi connectivity index (χ2v) is 7.48. The summed E-state index contributed by atoms with van der Waals surface area (Å²) in [7, 11) is 3.30. The van der Waals surface area contributed by atoms with Gasteiger partial charge in [-0.1, -0.05) is 25.0 Å². The number of methoxy groups -OCH3 is 2. The van der Waals surface area contributed by atoms with E-state index in [0.29, 0.717) is 5.69 Å². The lowest BCUT2D eigenvalue weighted by molar-refractivity contribution is 0.0674. The Bertz CT molecular complexity index is 980. The van der Waals surface area contributed by atoms with Crippen LogP contribution in [0.25, 0.3) is 5.69 Å². The first-order valence-electron chi connectivity index (χ1n) is 10.3. The fourth-order valence-electron chi connectivity index (χ4n) is 3.99. The molecular weight excluding hydrogens is 378 g/mol. The predicted molar refractivity (Wildman–Crippen MR) is 115 cm³/mol. The third kappa shape index (κ3) is 4.17. The summed E-state index contributed by atoms with van der Waals surface area (Å²) < 4.78 is 12.2. The first-order chi connectivity index (χ1) is 14.7. The second-order valence-electron chi connectivity index (χ2n) is 7.48. The van der Waals surface area contributed by atoms with Gasteiger partial charge >= 0.3 is 0 Å². The van der Waals surface area contributed by atoms with E-state index in [0.717, 1.165) is 55.0 Å². The third-order valence-electron chi connectivity index (χ3n) is 5.66. The van der Waals surface area contributed by atoms with Gasteiger partial charge < -0.3 is 14.4 Å². The van der Waals surface area contributed by atoms with Crippen molar-refractivity contribution < 1.29 is 14.3 Å². The molecule has 0 N–H and O–H groups in total. The summed E-state index contributed by atoms with van der Waals surface area (Å²) in [5, 5.41) is 4.56. The van der Waals surface area contributed by atoms with Crippen LogP contribution in [0.1, 0.15) is 47.8 Å². The normalized spacial score (nSPS) is 16.7. The molecule has 2 aromatic carbocycles. The van der Waals surface area contributed by atoms with Crippen LogP contribution >= 0.6 is 0 Å². The van der Waals surface area contributed by atoms with Crippen LogP contribution in [0.2, 0.25) is 0 Å². The van der Waals surface area contributed by atoms with E-state index in [1.807, 2.05) is 47.5 Å². The van der Waals surface area contributed by atoms with E-state index in [1.165, 1.54) is 0 Å². The number of ether oxygens (including phenoxy) is 2. The summed E-state index contributed by atoms with van der Waals surface area (Å²) in [6, 6.07) is 17.5. The lowest BCUT2D eigenvalue weighted by Gasteiger charge is -2.30. The summed E-state index contributed by atoms with van der Waals surface area (Å²) in [4.78, 5) is 15.4. The maximum absolute atomic E-state index is 13.4. The maximum atomic E-state index is 13.4. The SMILES string of the molecule is COc1ccc([C@@H]2CCCCCN2C(=O)c2ccn(-c3ccc(OC)cc3)n2)cc1. The number of hydrogen-bond acceptors (Lipinski definition) is 4. The molecule has 1 fully saturated rings. The summed E-state index contributed by atoms with van der Waals surface area (Å²) in [6.45, 7) is 0.741. The standard InChI is InChI=1S/C24H27N3O3/c1-29-20-11-7-18(8-12-20)23-6-4-3-5-16-26(23)24(28)22-15-17-27(25-22)19-9-13-21(30-2)14-10-19/h7-15,17,23H,3-6,16H2,1-2H3/t23-/m0/s1. The molecule has 0 saturated carbocycles. The maximum Gasteiger partial charge on any atom is 0.274 e. The topological polar surface area (TPSA) is 56.6 Å². The van der Waals surface area contributed by atoms with E-state index < -0.39 is 0 Å². The Morgan fingerprint density at radius 2 is 1.57 bits per heavy atom. The summed E-state index contributed by atoms with van der Waals surface area (Å²) in [5.41, 5.74) is 2.49. The van der Waals surface area contributed by atoms with Crippen molar-refractivity contribution in [3.8, 4) is 17.2 Å². The highest BCUT2D eigenvalue weighted by Gasteiger charge is 2.29. The number of likely N-dealkylation sites (tertiary alicyclic amines) is 1. The summed E-state index contributed by atoms with van der Waals surface area (Å²) in [6.07, 6.45) is 6.04. The molecule has 1 aliphatic heterocycles. The Hall–Kier alpha value is -3.28. The van der Waals surface area contributed by atoms with Crippen molar-refractivity contribution in [2.45, 2.75) is 31.7 Å². The Labute approximate surface area is 177 Å². The van der Waals surface area contributed by atoms with E-state index in [4.69, 9.17) is 9.47 Å². The Kier molecular flexibility index (Phi) is 6.02. The molecule has 1 amide bonds. The van der Waals surface area contributed by atoms with Crippen molar-refractivity contribution in [2.24, 2.45) is 0 Å². The molecule has 156 valence electrons. The zero-order valence-corrected chi connectivity index (χ0v) is 17.5. The van der Waals surface area contributed by atoms with Gasteiger partial charge in [0.15, 0.2) is 5.69 Å². The van der Waals surface area contributed by atoms with Crippen LogP contribution in [0.5, 0.6) is 11.5 Å². The quantitative estimate of drug-likeness (QED) is 0.620. The minimum absolute atomic E-state index is 0.0232. The molecule has 1 atom stereocenters. The van der Waals surface area contributed by atoms with Gasteiger partial charge in [-0.15, -0.1) is 0 Å². The minimum atomic E-state index is -0.0232. The van der Waals surface area contributed by atoms with Crippen molar-refractivity contribution in [2.75, 3.05) is 20.8 Å². The predicted octanol–water partition coefficient (Wildman–Crippen LogP) is 4.65. The fourth-order valence-corrected chi connectivity index (χ4v) is 3.99. The highest BCUT2D eigenvalue weighted by Crippen LogP contribution is 2.32. The smallest absolute Gasteiger partial charge is 0.274 e. The molecule has 6 nitrogen and oxygen atoms in total. The largest absolute Gasteiger partial charge is 0.497 e. The average Bonchev–Trinajstić information content (AvgIpc) is 3.17. The molecule has 0 bridgehead atoms. The molecule has 1 aliphatic rings. The van der Waals surface area contributed by atoms with E-state index in [9.17, 15) is 4.79 Å². The molecule has 6 heteroatoms. The summed E-state index contributed by atoms with van der Waals surface area (Å²) in [5.74, 6) is 1.59. The van der Waals surface area contributed by atoms with Crippen molar-refractivity contribution in [3.63, 3.8) is 0 Å². The number of rotatable bonds is 5. The number of benzene rings is 2. The number of amides is 1. The molecule has 30 heavy (non-hydrogen) atoms. The van der Waals surface area contributed by atoms with Crippen LogP contribution in [0.3, 0.4) is 0 Å². The lowest BCUT2D eigenvalue weighted by atomic mass is 10.0. The van der Waals surface area contributed by atoms with Crippen molar-refractivity contribution in [1.82, 2.24) is 14.7 Å². The molecule has 3 aromatic rings. The van der Waals surface area contributed by atoms with Gasteiger partial charge in [0.1, 0.15) is 11.5 Å². The number of carbonyl (C=O) groups is 1. The van der Waals surface area contributed by atoms with Gasteiger partial charge in [0.2, 0.25) is 0 Å². The Morgan fingerprint density at radius 3 is 2.23 bits per heavy atom. The van der Waals surface area contributed by atoms with Crippen LogP contribution in [-0.2, 0) is 0 Å². The highest BCUT2D eigenvalue weighted by molar-refractivity contribution is 5.92. The monoisotopic (exact) mass is 405 g/mol. The summed E-state index contributed by atoms with van der Waals surface area (Å²) >= 11 is 0. The van der Waals surface area contributed by atoms with Gasteiger partial charge in [0.05, 0.1) is 25.9 Å². The molecule has 1 saturated heterocycles. The second kappa shape index (κ2) is 9.03. The van der Waals surface area contributed by atoms with E-state index in [2.05, 4.69) is 17.2 Å². The zero-order chi connectivity index (χ0) is 20.9. The van der Waals surface area contributed by atoms with E-state index in [1.54, 1.807) is 25.0 Å². The van der Waals surface area contributed by atoms with Gasteiger partial charge in [-0.25, -0.2) is 4.68 Å². The molecule has 1 aromatic heterocycles. The number of aromatic nitrogens is 2.